The Labute approximate surface area is 222 Å². The predicted molar refractivity (Wildman–Crippen MR) is 147 cm³/mol. The van der Waals surface area contributed by atoms with E-state index in [9.17, 15) is 18.2 Å². The predicted octanol–water partition coefficient (Wildman–Crippen LogP) is 3.05. The largest absolute Gasteiger partial charge is 0.402 e. The van der Waals surface area contributed by atoms with E-state index in [1.807, 2.05) is 19.1 Å². The van der Waals surface area contributed by atoms with Crippen LogP contribution in [0, 0.1) is 19.7 Å². The number of aryl methyl sites for hydroxylation is 2. The summed E-state index contributed by atoms with van der Waals surface area (Å²) in [6, 6.07) is 8.31. The van der Waals surface area contributed by atoms with E-state index < -0.39 is 17.0 Å². The van der Waals surface area contributed by atoms with Gasteiger partial charge in [-0.1, -0.05) is 0 Å². The SMILES string of the molecule is Cc1cc(N=C(C2=C(N)CCN(C=O)[C@H]2C)n2ccn(-c3ccc4c(c3)CS(=O)N4C)c2=O)cc(C)c1F. The number of aromatic nitrogens is 2. The molecule has 1 unspecified atom stereocenters. The van der Waals surface area contributed by atoms with E-state index in [2.05, 4.69) is 0 Å². The van der Waals surface area contributed by atoms with Crippen LogP contribution in [-0.4, -0.2) is 50.1 Å². The fraction of sp³-hybridized carbons (Fsp3) is 0.296. The van der Waals surface area contributed by atoms with Crippen molar-refractivity contribution in [3.8, 4) is 5.69 Å². The average molecular weight is 537 g/mol. The maximum atomic E-state index is 14.3. The molecule has 38 heavy (non-hydrogen) atoms. The fourth-order valence-electron chi connectivity index (χ4n) is 5.06. The van der Waals surface area contributed by atoms with Crippen molar-refractivity contribution in [1.29, 1.82) is 0 Å². The van der Waals surface area contributed by atoms with Gasteiger partial charge in [0.25, 0.3) is 0 Å². The zero-order chi connectivity index (χ0) is 27.3. The Morgan fingerprint density at radius 3 is 2.58 bits per heavy atom. The van der Waals surface area contributed by atoms with Crippen molar-refractivity contribution in [3.63, 3.8) is 0 Å². The molecule has 0 saturated heterocycles. The molecule has 198 valence electrons. The number of imidazole rings is 1. The van der Waals surface area contributed by atoms with Gasteiger partial charge in [-0.25, -0.2) is 18.4 Å². The second-order valence-corrected chi connectivity index (χ2v) is 11.1. The topological polar surface area (TPSA) is 106 Å². The molecule has 5 rings (SSSR count). The Morgan fingerprint density at radius 1 is 1.18 bits per heavy atom. The number of rotatable bonds is 4. The van der Waals surface area contributed by atoms with Crippen LogP contribution in [0.5, 0.6) is 0 Å². The fourth-order valence-corrected chi connectivity index (χ4v) is 6.15. The normalized spacial score (nSPS) is 19.8. The van der Waals surface area contributed by atoms with E-state index in [4.69, 9.17) is 10.7 Å². The van der Waals surface area contributed by atoms with Crippen molar-refractivity contribution < 1.29 is 13.4 Å². The van der Waals surface area contributed by atoms with Crippen LogP contribution in [0.2, 0.25) is 0 Å². The first-order valence-electron chi connectivity index (χ1n) is 12.2. The Morgan fingerprint density at radius 2 is 1.89 bits per heavy atom. The molecule has 2 N–H and O–H groups in total. The van der Waals surface area contributed by atoms with Gasteiger partial charge in [0.2, 0.25) is 6.41 Å². The first-order chi connectivity index (χ1) is 18.1. The molecule has 11 heteroatoms. The summed E-state index contributed by atoms with van der Waals surface area (Å²) in [5, 5.41) is 0. The van der Waals surface area contributed by atoms with Gasteiger partial charge in [0.1, 0.15) is 22.6 Å². The first kappa shape index (κ1) is 25.7. The molecule has 2 aliphatic rings. The highest BCUT2D eigenvalue weighted by atomic mass is 32.2. The minimum atomic E-state index is -1.14. The molecule has 0 bridgehead atoms. The maximum Gasteiger partial charge on any atom is 0.338 e. The molecular formula is C27H29FN6O3S. The molecule has 3 aromatic rings. The highest BCUT2D eigenvalue weighted by Crippen LogP contribution is 2.31. The summed E-state index contributed by atoms with van der Waals surface area (Å²) in [4.78, 5) is 32.0. The summed E-state index contributed by atoms with van der Waals surface area (Å²) < 4.78 is 31.2. The minimum Gasteiger partial charge on any atom is -0.402 e. The lowest BCUT2D eigenvalue weighted by Crippen LogP contribution is -2.44. The molecule has 3 heterocycles. The highest BCUT2D eigenvalue weighted by molar-refractivity contribution is 7.86. The number of carbonyl (C=O) groups is 1. The molecule has 2 atom stereocenters. The molecule has 0 spiro atoms. The van der Waals surface area contributed by atoms with E-state index >= 15 is 0 Å². The Balaban J connectivity index is 1.68. The van der Waals surface area contributed by atoms with Crippen LogP contribution in [0.1, 0.15) is 30.0 Å². The number of carbonyl (C=O) groups excluding carboxylic acids is 1. The number of halogens is 1. The standard InChI is InChI=1S/C27H29FN6O3S/c1-16-11-20(12-17(2)25(16)28)30-26(24-18(3)32(15-35)8-7-22(24)29)34-10-9-33(27(34)36)21-5-6-23-19(13-21)14-38(37)31(23)4/h5-6,9-13,15,18H,7-8,14,29H2,1-4H3/t18-,38?/m0/s1. The molecule has 0 saturated carbocycles. The smallest absolute Gasteiger partial charge is 0.338 e. The molecule has 1 aromatic heterocycles. The van der Waals surface area contributed by atoms with Crippen molar-refractivity contribution in [2.24, 2.45) is 10.7 Å². The van der Waals surface area contributed by atoms with Gasteiger partial charge in [-0.15, -0.1) is 0 Å². The molecular weight excluding hydrogens is 507 g/mol. The first-order valence-corrected chi connectivity index (χ1v) is 13.5. The van der Waals surface area contributed by atoms with Crippen LogP contribution in [0.15, 0.2) is 63.8 Å². The van der Waals surface area contributed by atoms with Crippen molar-refractivity contribution in [1.82, 2.24) is 14.0 Å². The van der Waals surface area contributed by atoms with E-state index in [1.165, 1.54) is 9.13 Å². The van der Waals surface area contributed by atoms with Crippen LogP contribution >= 0.6 is 0 Å². The van der Waals surface area contributed by atoms with Crippen molar-refractivity contribution in [2.75, 3.05) is 17.9 Å². The number of fused-ring (bicyclic) bond motifs is 1. The van der Waals surface area contributed by atoms with Gasteiger partial charge in [0.05, 0.1) is 28.9 Å². The molecule has 9 nitrogen and oxygen atoms in total. The van der Waals surface area contributed by atoms with E-state index in [-0.39, 0.29) is 17.3 Å². The third-order valence-electron chi connectivity index (χ3n) is 7.20. The summed E-state index contributed by atoms with van der Waals surface area (Å²) in [7, 11) is 0.637. The molecule has 0 aliphatic carbocycles. The van der Waals surface area contributed by atoms with Crippen LogP contribution in [-0.2, 0) is 21.5 Å². The van der Waals surface area contributed by atoms with Crippen LogP contribution < -0.4 is 15.7 Å². The summed E-state index contributed by atoms with van der Waals surface area (Å²) in [5.74, 6) is 0.347. The second kappa shape index (κ2) is 9.71. The lowest BCUT2D eigenvalue weighted by Gasteiger charge is -2.33. The van der Waals surface area contributed by atoms with E-state index in [0.29, 0.717) is 52.5 Å². The number of hydrogen-bond donors (Lipinski definition) is 1. The maximum absolute atomic E-state index is 14.3. The Kier molecular flexibility index (Phi) is 6.56. The molecule has 2 aliphatic heterocycles. The third-order valence-corrected chi connectivity index (χ3v) is 8.57. The van der Waals surface area contributed by atoms with Crippen LogP contribution in [0.4, 0.5) is 15.8 Å². The lowest BCUT2D eigenvalue weighted by molar-refractivity contribution is -0.119. The monoisotopic (exact) mass is 536 g/mol. The summed E-state index contributed by atoms with van der Waals surface area (Å²) in [6.45, 7) is 5.62. The summed E-state index contributed by atoms with van der Waals surface area (Å²) in [5.41, 5.74) is 10.9. The Bertz CT molecular complexity index is 1580. The van der Waals surface area contributed by atoms with Crippen molar-refractivity contribution in [2.45, 2.75) is 39.0 Å². The number of benzene rings is 2. The van der Waals surface area contributed by atoms with Gasteiger partial charge in [-0.2, -0.15) is 0 Å². The number of nitrogens with zero attached hydrogens (tertiary/aromatic N) is 5. The van der Waals surface area contributed by atoms with E-state index in [1.54, 1.807) is 60.7 Å². The molecule has 2 aromatic carbocycles. The number of amides is 1. The zero-order valence-electron chi connectivity index (χ0n) is 21.6. The lowest BCUT2D eigenvalue weighted by atomic mass is 9.97. The summed E-state index contributed by atoms with van der Waals surface area (Å²) in [6.07, 6.45) is 4.44. The van der Waals surface area contributed by atoms with Gasteiger partial charge < -0.3 is 10.6 Å². The molecule has 1 amide bonds. The second-order valence-electron chi connectivity index (χ2n) is 9.63. The number of aliphatic imine (C=N–C) groups is 1. The molecule has 0 fully saturated rings. The van der Waals surface area contributed by atoms with E-state index in [0.717, 1.165) is 17.7 Å². The van der Waals surface area contributed by atoms with Gasteiger partial charge in [0.15, 0.2) is 0 Å². The zero-order valence-corrected chi connectivity index (χ0v) is 22.5. The van der Waals surface area contributed by atoms with Crippen LogP contribution in [0.25, 0.3) is 5.69 Å². The van der Waals surface area contributed by atoms with Gasteiger partial charge in [-0.05, 0) is 67.8 Å². The highest BCUT2D eigenvalue weighted by Gasteiger charge is 2.30. The van der Waals surface area contributed by atoms with Gasteiger partial charge in [0, 0.05) is 43.7 Å². The number of hydrogen-bond acceptors (Lipinski definition) is 5. The van der Waals surface area contributed by atoms with Crippen LogP contribution in [0.3, 0.4) is 0 Å². The third kappa shape index (κ3) is 4.26. The van der Waals surface area contributed by atoms with Gasteiger partial charge in [-0.3, -0.25) is 18.2 Å². The quantitative estimate of drug-likeness (QED) is 0.314. The summed E-state index contributed by atoms with van der Waals surface area (Å²) >= 11 is 0. The van der Waals surface area contributed by atoms with Crippen molar-refractivity contribution >= 4 is 34.6 Å². The average Bonchev–Trinajstić information content (AvgIpc) is 3.40. The number of nitrogens with two attached hydrogens (primary N) is 1. The van der Waals surface area contributed by atoms with Crippen molar-refractivity contribution in [3.05, 3.63) is 87.0 Å². The number of anilines is 1. The molecule has 0 radical (unpaired) electrons. The van der Waals surface area contributed by atoms with Gasteiger partial charge >= 0.3 is 5.69 Å². The Hall–Kier alpha value is -3.99. The minimum absolute atomic E-state index is 0.276.